The van der Waals surface area contributed by atoms with Crippen LogP contribution >= 0.6 is 0 Å². The van der Waals surface area contributed by atoms with Crippen molar-refractivity contribution in [2.45, 2.75) is 393 Å². The third-order valence-electron chi connectivity index (χ3n) is 15.5. The van der Waals surface area contributed by atoms with E-state index in [1.807, 2.05) is 0 Å². The summed E-state index contributed by atoms with van der Waals surface area (Å²) in [6.07, 6.45) is 75.2. The van der Waals surface area contributed by atoms with Gasteiger partial charge in [0.1, 0.15) is 13.2 Å². The minimum absolute atomic E-state index is 0.0658. The van der Waals surface area contributed by atoms with Crippen molar-refractivity contribution in [2.24, 2.45) is 0 Å². The maximum atomic E-state index is 12.9. The van der Waals surface area contributed by atoms with E-state index in [1.54, 1.807) is 0 Å². The average Bonchev–Trinajstić information content (AvgIpc) is 3.40. The molecule has 0 heterocycles. The van der Waals surface area contributed by atoms with Crippen LogP contribution in [0.1, 0.15) is 387 Å². The van der Waals surface area contributed by atoms with Gasteiger partial charge in [0.25, 0.3) is 0 Å². The summed E-state index contributed by atoms with van der Waals surface area (Å²) in [5.41, 5.74) is 0. The standard InChI is InChI=1S/C68H130O6/c1-4-7-10-13-16-19-22-25-27-29-31-33-34-35-37-38-40-43-46-49-52-55-58-61-67(70)73-64-65(63-72-66(69)60-57-54-51-48-45-42-24-21-18-15-12-9-6-3)74-68(71)62-59-56-53-50-47-44-41-39-36-32-30-28-26-23-20-17-14-11-8-5-2/h21,24,65H,4-20,22-23,25-64H2,1-3H3/b24-21-. The lowest BCUT2D eigenvalue weighted by molar-refractivity contribution is -0.167. The number of unbranched alkanes of at least 4 members (excludes halogenated alkanes) is 50. The Morgan fingerprint density at radius 1 is 0.257 bits per heavy atom. The van der Waals surface area contributed by atoms with E-state index in [0.29, 0.717) is 19.3 Å². The van der Waals surface area contributed by atoms with Crippen molar-refractivity contribution in [3.63, 3.8) is 0 Å². The first kappa shape index (κ1) is 72.2. The fourth-order valence-electron chi connectivity index (χ4n) is 10.4. The molecule has 0 spiro atoms. The van der Waals surface area contributed by atoms with Crippen LogP contribution in [-0.4, -0.2) is 37.2 Å². The van der Waals surface area contributed by atoms with Gasteiger partial charge in [-0.05, 0) is 44.9 Å². The molecule has 0 saturated carbocycles. The summed E-state index contributed by atoms with van der Waals surface area (Å²) in [5.74, 6) is -0.842. The molecule has 1 unspecified atom stereocenters. The van der Waals surface area contributed by atoms with Gasteiger partial charge in [0, 0.05) is 19.3 Å². The fraction of sp³-hybridized carbons (Fsp3) is 0.926. The van der Waals surface area contributed by atoms with Crippen LogP contribution in [0, 0.1) is 0 Å². The average molecular weight is 1040 g/mol. The highest BCUT2D eigenvalue weighted by Crippen LogP contribution is 2.19. The van der Waals surface area contributed by atoms with E-state index in [9.17, 15) is 14.4 Å². The Balaban J connectivity index is 4.23. The summed E-state index contributed by atoms with van der Waals surface area (Å²) in [6, 6.07) is 0. The van der Waals surface area contributed by atoms with E-state index in [4.69, 9.17) is 14.2 Å². The number of carbonyl (C=O) groups excluding carboxylic acids is 3. The Bertz CT molecular complexity index is 1150. The number of hydrogen-bond donors (Lipinski definition) is 0. The molecule has 0 aromatic heterocycles. The zero-order valence-corrected chi connectivity index (χ0v) is 50.4. The molecule has 0 fully saturated rings. The van der Waals surface area contributed by atoms with Crippen LogP contribution in [0.3, 0.4) is 0 Å². The maximum Gasteiger partial charge on any atom is 0.306 e. The van der Waals surface area contributed by atoms with Crippen molar-refractivity contribution in [2.75, 3.05) is 13.2 Å². The summed E-state index contributed by atoms with van der Waals surface area (Å²) in [6.45, 7) is 6.70. The van der Waals surface area contributed by atoms with Crippen LogP contribution in [0.4, 0.5) is 0 Å². The predicted octanol–water partition coefficient (Wildman–Crippen LogP) is 22.8. The van der Waals surface area contributed by atoms with Crippen LogP contribution in [0.2, 0.25) is 0 Å². The molecule has 0 aromatic carbocycles. The molecule has 0 aromatic rings. The van der Waals surface area contributed by atoms with Gasteiger partial charge >= 0.3 is 17.9 Å². The van der Waals surface area contributed by atoms with Gasteiger partial charge in [0.2, 0.25) is 0 Å². The van der Waals surface area contributed by atoms with Gasteiger partial charge in [0.15, 0.2) is 6.10 Å². The minimum atomic E-state index is -0.769. The smallest absolute Gasteiger partial charge is 0.306 e. The summed E-state index contributed by atoms with van der Waals surface area (Å²) in [7, 11) is 0. The molecule has 0 N–H and O–H groups in total. The summed E-state index contributed by atoms with van der Waals surface area (Å²) < 4.78 is 17.0. The van der Waals surface area contributed by atoms with Crippen LogP contribution < -0.4 is 0 Å². The second kappa shape index (κ2) is 63.7. The lowest BCUT2D eigenvalue weighted by atomic mass is 10.0. The van der Waals surface area contributed by atoms with Gasteiger partial charge < -0.3 is 14.2 Å². The van der Waals surface area contributed by atoms with E-state index in [0.717, 1.165) is 64.2 Å². The van der Waals surface area contributed by atoms with E-state index >= 15 is 0 Å². The van der Waals surface area contributed by atoms with Gasteiger partial charge in [-0.1, -0.05) is 335 Å². The third-order valence-corrected chi connectivity index (χ3v) is 15.5. The van der Waals surface area contributed by atoms with Crippen molar-refractivity contribution in [3.05, 3.63) is 12.2 Å². The lowest BCUT2D eigenvalue weighted by Gasteiger charge is -2.18. The highest BCUT2D eigenvalue weighted by Gasteiger charge is 2.19. The zero-order chi connectivity index (χ0) is 53.6. The predicted molar refractivity (Wildman–Crippen MR) is 321 cm³/mol. The van der Waals surface area contributed by atoms with Crippen LogP contribution in [0.15, 0.2) is 12.2 Å². The van der Waals surface area contributed by atoms with Crippen LogP contribution in [0.5, 0.6) is 0 Å². The monoisotopic (exact) mass is 1040 g/mol. The lowest BCUT2D eigenvalue weighted by Crippen LogP contribution is -2.30. The highest BCUT2D eigenvalue weighted by atomic mass is 16.6. The molecular weight excluding hydrogens is 913 g/mol. The van der Waals surface area contributed by atoms with E-state index in [1.165, 1.54) is 283 Å². The molecule has 438 valence electrons. The largest absolute Gasteiger partial charge is 0.462 e. The Morgan fingerprint density at radius 3 is 0.689 bits per heavy atom. The Labute approximate surface area is 462 Å². The minimum Gasteiger partial charge on any atom is -0.462 e. The molecule has 6 heteroatoms. The van der Waals surface area contributed by atoms with E-state index in [-0.39, 0.29) is 31.1 Å². The Hall–Kier alpha value is -1.85. The molecule has 74 heavy (non-hydrogen) atoms. The number of esters is 3. The Morgan fingerprint density at radius 2 is 0.446 bits per heavy atom. The highest BCUT2D eigenvalue weighted by molar-refractivity contribution is 5.71. The third kappa shape index (κ3) is 61.0. The summed E-state index contributed by atoms with van der Waals surface area (Å²) >= 11 is 0. The van der Waals surface area contributed by atoms with Gasteiger partial charge in [-0.3, -0.25) is 14.4 Å². The van der Waals surface area contributed by atoms with Crippen LogP contribution in [-0.2, 0) is 28.6 Å². The first-order valence-corrected chi connectivity index (χ1v) is 33.7. The molecule has 0 aliphatic rings. The molecule has 0 rings (SSSR count). The SMILES string of the molecule is CCCCCC/C=C\CCCCCCCC(=O)OCC(COC(=O)CCCCCCCCCCCCCCCCCCCCCCCCC)OC(=O)CCCCCCCCCCCCCCCCCCCCCC. The summed E-state index contributed by atoms with van der Waals surface area (Å²) in [5, 5.41) is 0. The zero-order valence-electron chi connectivity index (χ0n) is 50.4. The number of ether oxygens (including phenoxy) is 3. The van der Waals surface area contributed by atoms with Gasteiger partial charge in [-0.2, -0.15) is 0 Å². The number of allylic oxidation sites excluding steroid dienone is 2. The van der Waals surface area contributed by atoms with Gasteiger partial charge in [-0.25, -0.2) is 0 Å². The fourth-order valence-corrected chi connectivity index (χ4v) is 10.4. The molecule has 6 nitrogen and oxygen atoms in total. The van der Waals surface area contributed by atoms with Crippen molar-refractivity contribution in [1.82, 2.24) is 0 Å². The number of hydrogen-bond acceptors (Lipinski definition) is 6. The van der Waals surface area contributed by atoms with Gasteiger partial charge in [0.05, 0.1) is 0 Å². The van der Waals surface area contributed by atoms with E-state index in [2.05, 4.69) is 32.9 Å². The van der Waals surface area contributed by atoms with Crippen LogP contribution in [0.25, 0.3) is 0 Å². The number of carbonyl (C=O) groups is 3. The first-order valence-electron chi connectivity index (χ1n) is 33.7. The van der Waals surface area contributed by atoms with Crippen molar-refractivity contribution >= 4 is 17.9 Å². The molecule has 0 aliphatic heterocycles. The van der Waals surface area contributed by atoms with Crippen molar-refractivity contribution in [1.29, 1.82) is 0 Å². The number of rotatable bonds is 63. The Kier molecular flexibility index (Phi) is 62.1. The van der Waals surface area contributed by atoms with Gasteiger partial charge in [-0.15, -0.1) is 0 Å². The molecule has 0 aliphatic carbocycles. The second-order valence-electron chi connectivity index (χ2n) is 23.1. The molecule has 0 amide bonds. The molecular formula is C68H130O6. The van der Waals surface area contributed by atoms with Crippen molar-refractivity contribution < 1.29 is 28.6 Å². The topological polar surface area (TPSA) is 78.9 Å². The molecule has 0 saturated heterocycles. The second-order valence-corrected chi connectivity index (χ2v) is 23.1. The summed E-state index contributed by atoms with van der Waals surface area (Å²) in [4.78, 5) is 38.3. The van der Waals surface area contributed by atoms with E-state index < -0.39 is 6.10 Å². The molecule has 1 atom stereocenters. The maximum absolute atomic E-state index is 12.9. The molecule has 0 bridgehead atoms. The normalized spacial score (nSPS) is 12.0. The quantitative estimate of drug-likeness (QED) is 0.0261. The molecule has 0 radical (unpaired) electrons. The first-order chi connectivity index (χ1) is 36.5. The van der Waals surface area contributed by atoms with Crippen molar-refractivity contribution in [3.8, 4) is 0 Å².